The van der Waals surface area contributed by atoms with Gasteiger partial charge >= 0.3 is 0 Å². The molecule has 0 bridgehead atoms. The van der Waals surface area contributed by atoms with E-state index in [9.17, 15) is 0 Å². The number of methoxy groups -OCH3 is 2. The van der Waals surface area contributed by atoms with Crippen molar-refractivity contribution in [1.29, 1.82) is 5.26 Å². The van der Waals surface area contributed by atoms with Gasteiger partial charge in [-0.25, -0.2) is 4.98 Å². The third-order valence-electron chi connectivity index (χ3n) is 2.82. The fourth-order valence-electron chi connectivity index (χ4n) is 1.87. The van der Waals surface area contributed by atoms with Crippen molar-refractivity contribution >= 4 is 11.8 Å². The Labute approximate surface area is 122 Å². The molecule has 0 spiro atoms. The topological polar surface area (TPSA) is 55.1 Å². The third kappa shape index (κ3) is 3.43. The van der Waals surface area contributed by atoms with E-state index < -0.39 is 0 Å². The minimum absolute atomic E-state index is 0.592. The first-order valence-electron chi connectivity index (χ1n) is 5.98. The van der Waals surface area contributed by atoms with Gasteiger partial charge in [0.15, 0.2) is 0 Å². The number of nitriles is 1. The zero-order valence-corrected chi connectivity index (χ0v) is 12.1. The second-order valence-electron chi connectivity index (χ2n) is 4.05. The van der Waals surface area contributed by atoms with Crippen LogP contribution in [0, 0.1) is 10.7 Å². The third-order valence-corrected chi connectivity index (χ3v) is 3.40. The van der Waals surface area contributed by atoms with Crippen LogP contribution in [0.15, 0.2) is 41.4 Å². The van der Waals surface area contributed by atoms with E-state index in [1.165, 1.54) is 0 Å². The van der Waals surface area contributed by atoms with Crippen LogP contribution >= 0.6 is 11.8 Å². The molecule has 4 nitrogen and oxygen atoms in total. The molecule has 20 heavy (non-hydrogen) atoms. The summed E-state index contributed by atoms with van der Waals surface area (Å²) in [5.41, 5.74) is 2.09. The zero-order valence-electron chi connectivity index (χ0n) is 11.3. The summed E-state index contributed by atoms with van der Waals surface area (Å²) in [6.07, 6.45) is 2.47. The zero-order chi connectivity index (χ0) is 14.4. The first kappa shape index (κ1) is 14.2. The van der Waals surface area contributed by atoms with Gasteiger partial charge in [-0.3, -0.25) is 0 Å². The van der Waals surface area contributed by atoms with E-state index in [0.29, 0.717) is 12.3 Å². The van der Waals surface area contributed by atoms with Gasteiger partial charge < -0.3 is 9.47 Å². The lowest BCUT2D eigenvalue weighted by Crippen LogP contribution is -1.95. The molecule has 5 heteroatoms. The van der Waals surface area contributed by atoms with Crippen LogP contribution in [0.25, 0.3) is 0 Å². The van der Waals surface area contributed by atoms with Crippen LogP contribution in [0.5, 0.6) is 11.6 Å². The number of rotatable bonds is 5. The Morgan fingerprint density at radius 1 is 1.20 bits per heavy atom. The highest BCUT2D eigenvalue weighted by atomic mass is 32.2. The number of pyridine rings is 1. The molecule has 2 rings (SSSR count). The van der Waals surface area contributed by atoms with Crippen LogP contribution in [0.2, 0.25) is 0 Å². The molecule has 0 fully saturated rings. The highest BCUT2D eigenvalue weighted by Crippen LogP contribution is 2.27. The second-order valence-corrected chi connectivity index (χ2v) is 4.91. The molecule has 0 N–H and O–H groups in total. The molecule has 0 saturated carbocycles. The van der Waals surface area contributed by atoms with Crippen molar-refractivity contribution in [2.24, 2.45) is 0 Å². The fraction of sp³-hybridized carbons (Fsp3) is 0.200. The normalized spacial score (nSPS) is 9.85. The molecule has 1 aromatic heterocycles. The van der Waals surface area contributed by atoms with Gasteiger partial charge in [-0.05, 0) is 41.1 Å². The summed E-state index contributed by atoms with van der Waals surface area (Å²) in [4.78, 5) is 5.09. The lowest BCUT2D eigenvalue weighted by molar-refractivity contribution is 0.397. The van der Waals surface area contributed by atoms with Crippen molar-refractivity contribution in [2.75, 3.05) is 14.2 Å². The number of aromatic nitrogens is 1. The van der Waals surface area contributed by atoms with Gasteiger partial charge in [0.05, 0.1) is 14.2 Å². The van der Waals surface area contributed by atoms with E-state index >= 15 is 0 Å². The first-order valence-corrected chi connectivity index (χ1v) is 6.80. The number of benzene rings is 1. The number of thioether (sulfide) groups is 1. The van der Waals surface area contributed by atoms with Crippen molar-refractivity contribution in [3.63, 3.8) is 0 Å². The monoisotopic (exact) mass is 286 g/mol. The van der Waals surface area contributed by atoms with Gasteiger partial charge in [0.1, 0.15) is 11.2 Å². The van der Waals surface area contributed by atoms with Crippen molar-refractivity contribution in [3.8, 4) is 17.0 Å². The maximum absolute atomic E-state index is 8.74. The maximum Gasteiger partial charge on any atom is 0.212 e. The Balaban J connectivity index is 2.25. The number of hydrogen-bond acceptors (Lipinski definition) is 5. The van der Waals surface area contributed by atoms with Gasteiger partial charge in [0.25, 0.3) is 0 Å². The van der Waals surface area contributed by atoms with Gasteiger partial charge in [-0.1, -0.05) is 6.07 Å². The van der Waals surface area contributed by atoms with Crippen molar-refractivity contribution < 1.29 is 9.47 Å². The number of nitrogens with zero attached hydrogens (tertiary/aromatic N) is 2. The molecule has 0 aliphatic carbocycles. The van der Waals surface area contributed by atoms with Crippen LogP contribution < -0.4 is 9.47 Å². The largest absolute Gasteiger partial charge is 0.496 e. The average Bonchev–Trinajstić information content (AvgIpc) is 2.49. The van der Waals surface area contributed by atoms with Gasteiger partial charge in [-0.2, -0.15) is 5.26 Å². The van der Waals surface area contributed by atoms with Crippen LogP contribution in [0.1, 0.15) is 11.1 Å². The average molecular weight is 286 g/mol. The van der Waals surface area contributed by atoms with Gasteiger partial charge in [0, 0.05) is 23.6 Å². The predicted molar refractivity (Wildman–Crippen MR) is 78.1 cm³/mol. The molecule has 0 saturated heterocycles. The minimum Gasteiger partial charge on any atom is -0.496 e. The van der Waals surface area contributed by atoms with E-state index in [2.05, 4.69) is 10.4 Å². The Kier molecular flexibility index (Phi) is 4.85. The molecule has 2 aromatic rings. The number of hydrogen-bond donors (Lipinski definition) is 0. The summed E-state index contributed by atoms with van der Waals surface area (Å²) in [6, 6.07) is 9.52. The van der Waals surface area contributed by atoms with E-state index in [4.69, 9.17) is 14.7 Å². The fourth-order valence-corrected chi connectivity index (χ4v) is 2.31. The maximum atomic E-state index is 8.74. The van der Waals surface area contributed by atoms with Crippen molar-refractivity contribution in [3.05, 3.63) is 47.7 Å². The molecule has 0 aliphatic rings. The van der Waals surface area contributed by atoms with E-state index in [1.54, 1.807) is 20.4 Å². The Morgan fingerprint density at radius 3 is 2.65 bits per heavy atom. The highest BCUT2D eigenvalue weighted by molar-refractivity contribution is 8.03. The Morgan fingerprint density at radius 2 is 2.05 bits per heavy atom. The molecule has 0 amide bonds. The Hall–Kier alpha value is -2.19. The molecule has 1 heterocycles. The number of thiocyanates is 1. The van der Waals surface area contributed by atoms with E-state index in [1.807, 2.05) is 30.3 Å². The molecule has 0 unspecified atom stereocenters. The molecule has 0 atom stereocenters. The lowest BCUT2D eigenvalue weighted by Gasteiger charge is -2.10. The first-order chi connectivity index (χ1) is 9.76. The second kappa shape index (κ2) is 6.83. The van der Waals surface area contributed by atoms with E-state index in [0.717, 1.165) is 33.5 Å². The molecule has 1 aromatic carbocycles. The van der Waals surface area contributed by atoms with Crippen LogP contribution in [0.3, 0.4) is 0 Å². The minimum atomic E-state index is 0.592. The quantitative estimate of drug-likeness (QED) is 0.623. The number of ether oxygens (including phenoxy) is 2. The summed E-state index contributed by atoms with van der Waals surface area (Å²) in [5, 5.41) is 10.8. The Bertz CT molecular complexity index is 621. The SMILES string of the molecule is COc1ccc(Cc2cc(SC#N)ccc2OC)cn1. The highest BCUT2D eigenvalue weighted by Gasteiger charge is 2.07. The molecular weight excluding hydrogens is 272 g/mol. The predicted octanol–water partition coefficient (Wildman–Crippen LogP) is 3.26. The summed E-state index contributed by atoms with van der Waals surface area (Å²) < 4.78 is 10.4. The summed E-state index contributed by atoms with van der Waals surface area (Å²) >= 11 is 1.14. The molecule has 0 aliphatic heterocycles. The van der Waals surface area contributed by atoms with Gasteiger partial charge in [0.2, 0.25) is 5.88 Å². The molecule has 102 valence electrons. The summed E-state index contributed by atoms with van der Waals surface area (Å²) in [7, 11) is 3.23. The molecular formula is C15H14N2O2S. The molecule has 0 radical (unpaired) electrons. The van der Waals surface area contributed by atoms with Crippen LogP contribution in [0.4, 0.5) is 0 Å². The van der Waals surface area contributed by atoms with Crippen molar-refractivity contribution in [1.82, 2.24) is 4.98 Å². The van der Waals surface area contributed by atoms with Crippen molar-refractivity contribution in [2.45, 2.75) is 11.3 Å². The smallest absolute Gasteiger partial charge is 0.212 e. The standard InChI is InChI=1S/C15H14N2O2S/c1-18-14-5-4-13(20-10-16)8-12(14)7-11-3-6-15(19-2)17-9-11/h3-6,8-9H,7H2,1-2H3. The summed E-state index contributed by atoms with van der Waals surface area (Å²) in [6.45, 7) is 0. The van der Waals surface area contributed by atoms with Crippen LogP contribution in [-0.4, -0.2) is 19.2 Å². The van der Waals surface area contributed by atoms with Gasteiger partial charge in [-0.15, -0.1) is 0 Å². The van der Waals surface area contributed by atoms with E-state index in [-0.39, 0.29) is 0 Å². The van der Waals surface area contributed by atoms with Crippen LogP contribution in [-0.2, 0) is 6.42 Å². The lowest BCUT2D eigenvalue weighted by atomic mass is 10.1. The summed E-state index contributed by atoms with van der Waals surface area (Å²) in [5.74, 6) is 1.40.